The fraction of sp³-hybridized carbons (Fsp3) is 0.258. The first-order chi connectivity index (χ1) is 21.7. The number of carbonyl (C=O) groups excluding carboxylic acids is 2. The molecule has 0 atom stereocenters. The van der Waals surface area contributed by atoms with E-state index in [1.54, 1.807) is 39.3 Å². The van der Waals surface area contributed by atoms with E-state index in [-0.39, 0.29) is 77.9 Å². The number of fused-ring (bicyclic) bond motifs is 2. The number of aryl methyl sites for hydroxylation is 1. The summed E-state index contributed by atoms with van der Waals surface area (Å²) in [6.45, 7) is 5.22. The van der Waals surface area contributed by atoms with Crippen LogP contribution in [0.3, 0.4) is 0 Å². The molecule has 0 amide bonds. The number of aromatic nitrogens is 3. The van der Waals surface area contributed by atoms with Crippen LogP contribution in [0.5, 0.6) is 23.3 Å². The van der Waals surface area contributed by atoms with Crippen molar-refractivity contribution in [1.29, 1.82) is 0 Å². The van der Waals surface area contributed by atoms with Crippen LogP contribution >= 0.6 is 0 Å². The maximum absolute atomic E-state index is 13.5. The molecule has 0 fully saturated rings. The summed E-state index contributed by atoms with van der Waals surface area (Å²) in [5.41, 5.74) is 12.7. The van der Waals surface area contributed by atoms with Gasteiger partial charge in [-0.2, -0.15) is 0 Å². The standard InChI is InChI=1S/C30H29N6O7.CH3B.Y/c1-15-12-16(4-7-21(15)43-30-34-14-33-29(35-30)36(8-10-41-2)9-11-42-3)17-13-19(32)23-25(26(17)38)28(40)22-18(31)5-6-20(37)24(22)27(23)39;1-2;/h4-7,12-13,37-38H,8-11,31-32H2,1-3H3;1H3;/q-1;;. The van der Waals surface area contributed by atoms with E-state index in [9.17, 15) is 19.8 Å². The predicted octanol–water partition coefficient (Wildman–Crippen LogP) is 3.09. The third-order valence-corrected chi connectivity index (χ3v) is 7.05. The molecule has 0 unspecified atom stereocenters. The van der Waals surface area contributed by atoms with Crippen molar-refractivity contribution in [2.24, 2.45) is 0 Å². The molecule has 1 heterocycles. The molecule has 3 radical (unpaired) electrons. The van der Waals surface area contributed by atoms with E-state index < -0.39 is 23.1 Å². The van der Waals surface area contributed by atoms with Crippen LogP contribution in [-0.2, 0) is 42.2 Å². The number of carbonyl (C=O) groups is 2. The fourth-order valence-corrected chi connectivity index (χ4v) is 4.89. The minimum atomic E-state index is -0.715. The molecule has 15 heteroatoms. The molecule has 6 N–H and O–H groups in total. The van der Waals surface area contributed by atoms with Gasteiger partial charge in [-0.1, -0.05) is 12.9 Å². The molecule has 235 valence electrons. The molecule has 1 aliphatic carbocycles. The summed E-state index contributed by atoms with van der Waals surface area (Å²) in [6, 6.07) is 9.00. The number of hydrogen-bond acceptors (Lipinski definition) is 13. The summed E-state index contributed by atoms with van der Waals surface area (Å²) < 4.78 is 16.3. The second-order valence-electron chi connectivity index (χ2n) is 9.77. The Labute approximate surface area is 292 Å². The number of hydrogen-bond donors (Lipinski definition) is 4. The maximum atomic E-state index is 13.5. The quantitative estimate of drug-likeness (QED) is 0.0719. The van der Waals surface area contributed by atoms with Gasteiger partial charge >= 0.3 is 0 Å². The number of methoxy groups -OCH3 is 2. The number of nitrogens with zero attached hydrogens (tertiary/aromatic N) is 4. The molecule has 3 aromatic carbocycles. The largest absolute Gasteiger partial charge is 0.507 e. The molecule has 46 heavy (non-hydrogen) atoms. The normalized spacial score (nSPS) is 11.5. The summed E-state index contributed by atoms with van der Waals surface area (Å²) in [5.74, 6) is -1.49. The van der Waals surface area contributed by atoms with Gasteiger partial charge < -0.3 is 50.8 Å². The first kappa shape index (κ1) is 36.4. The monoisotopic (exact) mass is 700 g/mol. The van der Waals surface area contributed by atoms with Crippen molar-refractivity contribution in [3.8, 4) is 34.4 Å². The third kappa shape index (κ3) is 7.15. The Balaban J connectivity index is 0.00000188. The molecule has 4 aromatic rings. The van der Waals surface area contributed by atoms with Gasteiger partial charge in [0.2, 0.25) is 17.6 Å². The van der Waals surface area contributed by atoms with E-state index in [1.807, 2.05) is 4.90 Å². The second kappa shape index (κ2) is 15.9. The molecule has 1 aromatic heterocycles. The number of benzene rings is 3. The zero-order valence-corrected chi connectivity index (χ0v) is 28.7. The summed E-state index contributed by atoms with van der Waals surface area (Å²) >= 11 is 0. The van der Waals surface area contributed by atoms with Crippen LogP contribution in [0.25, 0.3) is 11.1 Å². The van der Waals surface area contributed by atoms with Gasteiger partial charge in [0.15, 0.2) is 0 Å². The van der Waals surface area contributed by atoms with Crippen molar-refractivity contribution in [1.82, 2.24) is 15.0 Å². The Kier molecular flexibility index (Phi) is 12.6. The minimum Gasteiger partial charge on any atom is -0.507 e. The van der Waals surface area contributed by atoms with Gasteiger partial charge in [0.05, 0.1) is 43.3 Å². The number of rotatable bonds is 10. The minimum absolute atomic E-state index is 0. The van der Waals surface area contributed by atoms with Gasteiger partial charge in [-0.15, -0.1) is 0 Å². The Morgan fingerprint density at radius 1 is 0.870 bits per heavy atom. The van der Waals surface area contributed by atoms with Crippen LogP contribution in [-0.4, -0.2) is 85.1 Å². The average molecular weight is 700 g/mol. The van der Waals surface area contributed by atoms with Gasteiger partial charge in [0, 0.05) is 83.3 Å². The molecule has 0 aliphatic heterocycles. The summed E-state index contributed by atoms with van der Waals surface area (Å²) in [7, 11) is 7.70. The topological polar surface area (TPSA) is 196 Å². The molecule has 0 saturated heterocycles. The molecule has 1 aliphatic rings. The van der Waals surface area contributed by atoms with Crippen molar-refractivity contribution < 1.29 is 66.7 Å². The van der Waals surface area contributed by atoms with E-state index in [2.05, 4.69) is 29.1 Å². The zero-order chi connectivity index (χ0) is 32.8. The number of phenols is 2. The average Bonchev–Trinajstić information content (AvgIpc) is 3.04. The summed E-state index contributed by atoms with van der Waals surface area (Å²) in [4.78, 5) is 41.2. The number of ether oxygens (including phenoxy) is 3. The number of nitrogens with two attached hydrogens (primary N) is 2. The van der Waals surface area contributed by atoms with Crippen LogP contribution < -0.4 is 21.1 Å². The van der Waals surface area contributed by atoms with E-state index in [4.69, 9.17) is 25.7 Å². The molecule has 0 saturated carbocycles. The molecular formula is C31H32BN6O7Y-. The van der Waals surface area contributed by atoms with Crippen LogP contribution in [0.4, 0.5) is 17.3 Å². The number of ketones is 2. The maximum Gasteiger partial charge on any atom is 0.206 e. The van der Waals surface area contributed by atoms with Crippen molar-refractivity contribution in [2.45, 2.75) is 13.7 Å². The van der Waals surface area contributed by atoms with Gasteiger partial charge in [0.25, 0.3) is 0 Å². The van der Waals surface area contributed by atoms with Crippen LogP contribution in [0, 0.1) is 13.3 Å². The van der Waals surface area contributed by atoms with Gasteiger partial charge in [-0.25, -0.2) is 0 Å². The van der Waals surface area contributed by atoms with Crippen molar-refractivity contribution in [3.63, 3.8) is 0 Å². The van der Waals surface area contributed by atoms with Crippen LogP contribution in [0.2, 0.25) is 6.82 Å². The Morgan fingerprint density at radius 2 is 1.50 bits per heavy atom. The van der Waals surface area contributed by atoms with E-state index in [1.165, 1.54) is 25.0 Å². The van der Waals surface area contributed by atoms with Gasteiger partial charge in [-0.05, 0) is 48.4 Å². The first-order valence-electron chi connectivity index (χ1n) is 13.7. The van der Waals surface area contributed by atoms with Crippen molar-refractivity contribution in [2.75, 3.05) is 56.9 Å². The van der Waals surface area contributed by atoms with Crippen LogP contribution in [0.1, 0.15) is 37.4 Å². The molecule has 5 rings (SSSR count). The molecule has 0 bridgehead atoms. The summed E-state index contributed by atoms with van der Waals surface area (Å²) in [5, 5.41) is 21.6. The van der Waals surface area contributed by atoms with Crippen LogP contribution in [0.15, 0.2) is 36.4 Å². The van der Waals surface area contributed by atoms with Gasteiger partial charge in [-0.3, -0.25) is 14.6 Å². The number of phenolic OH excluding ortho intramolecular Hbond substituents is 2. The number of nitrogen functional groups attached to an aromatic ring is 2. The van der Waals surface area contributed by atoms with Crippen molar-refractivity contribution in [3.05, 3.63) is 70.5 Å². The third-order valence-electron chi connectivity index (χ3n) is 7.05. The number of aromatic hydroxyl groups is 2. The fourth-order valence-electron chi connectivity index (χ4n) is 4.89. The molecule has 0 spiro atoms. The van der Waals surface area contributed by atoms with Gasteiger partial charge in [0.1, 0.15) is 23.2 Å². The Morgan fingerprint density at radius 3 is 2.13 bits per heavy atom. The molecule has 13 nitrogen and oxygen atoms in total. The first-order valence-corrected chi connectivity index (χ1v) is 13.7. The predicted molar refractivity (Wildman–Crippen MR) is 168 cm³/mol. The van der Waals surface area contributed by atoms with E-state index in [0.29, 0.717) is 49.1 Å². The van der Waals surface area contributed by atoms with Crippen molar-refractivity contribution >= 4 is 36.7 Å². The van der Waals surface area contributed by atoms with E-state index >= 15 is 0 Å². The summed E-state index contributed by atoms with van der Waals surface area (Å²) in [6.07, 6.45) is 2.56. The second-order valence-corrected chi connectivity index (χ2v) is 9.77. The Hall–Kier alpha value is -4.10. The van der Waals surface area contributed by atoms with E-state index in [0.717, 1.165) is 0 Å². The zero-order valence-electron chi connectivity index (χ0n) is 25.8. The SMILES string of the molecule is COCCN(CCOC)c1n[c-]nc(Oc2ccc(-c3cc(N)c4c(c3O)C(=O)c3c(N)ccc(O)c3C4=O)cc2C)n1.[B]C.[Y]. The number of anilines is 3. The Bertz CT molecular complexity index is 1750. The molecular weight excluding hydrogens is 668 g/mol. The smallest absolute Gasteiger partial charge is 0.206 e.